The molecule has 16 heavy (non-hydrogen) atoms. The van der Waals surface area contributed by atoms with Crippen LogP contribution in [0.2, 0.25) is 0 Å². The monoisotopic (exact) mass is 248 g/mol. The molecule has 0 amide bonds. The Kier molecular flexibility index (Phi) is 4.73. The summed E-state index contributed by atoms with van der Waals surface area (Å²) < 4.78 is 25.6. The lowest BCUT2D eigenvalue weighted by Crippen LogP contribution is -2.33. The van der Waals surface area contributed by atoms with Crippen LogP contribution in [0.25, 0.3) is 0 Å². The Morgan fingerprint density at radius 2 is 2.12 bits per heavy atom. The van der Waals surface area contributed by atoms with Crippen molar-refractivity contribution in [2.75, 3.05) is 14.2 Å². The largest absolute Gasteiger partial charge is 0.388 e. The van der Waals surface area contributed by atoms with Crippen molar-refractivity contribution in [3.05, 3.63) is 11.9 Å². The van der Waals surface area contributed by atoms with E-state index in [1.165, 1.54) is 13.2 Å². The van der Waals surface area contributed by atoms with Crippen LogP contribution in [-0.4, -0.2) is 56.4 Å². The van der Waals surface area contributed by atoms with Gasteiger partial charge in [0.2, 0.25) is 0 Å². The Hall–Kier alpha value is -0.165. The van der Waals surface area contributed by atoms with Gasteiger partial charge in [-0.3, -0.25) is 4.57 Å². The van der Waals surface area contributed by atoms with Crippen LogP contribution in [0.4, 0.5) is 0 Å². The third-order valence-electron chi connectivity index (χ3n) is 2.31. The number of methoxy groups -OCH3 is 1. The fourth-order valence-corrected chi connectivity index (χ4v) is 1.91. The predicted octanol–water partition coefficient (Wildman–Crippen LogP) is -0.399. The SMILES string of the molecule is [B][C@@H]1O[C@H](/C=C/P(=O)(O)OC)C(OC)[C@@H]1O. The molecule has 0 aromatic heterocycles. The Bertz CT molecular complexity index is 309. The van der Waals surface area contributed by atoms with Crippen molar-refractivity contribution in [1.29, 1.82) is 0 Å². The molecule has 0 aromatic carbocycles. The van der Waals surface area contributed by atoms with Crippen molar-refractivity contribution in [3.63, 3.8) is 0 Å². The number of hydrogen-bond donors (Lipinski definition) is 2. The lowest BCUT2D eigenvalue weighted by Gasteiger charge is -2.16. The zero-order valence-corrected chi connectivity index (χ0v) is 9.91. The lowest BCUT2D eigenvalue weighted by molar-refractivity contribution is 0.00446. The van der Waals surface area contributed by atoms with Crippen molar-refractivity contribution in [2.24, 2.45) is 0 Å². The van der Waals surface area contributed by atoms with Gasteiger partial charge in [0.05, 0.1) is 0 Å². The maximum atomic E-state index is 11.2. The van der Waals surface area contributed by atoms with Gasteiger partial charge in [0, 0.05) is 26.0 Å². The highest BCUT2D eigenvalue weighted by Crippen LogP contribution is 2.42. The standard InChI is InChI=1S/C8H14BO6P/c1-13-7-5(15-8(9)6(7)10)3-4-16(11,12)14-2/h3-8,10H,1-2H3,(H,11,12)/b4-3+/t5-,6+,7?,8-/m1/s1. The summed E-state index contributed by atoms with van der Waals surface area (Å²) >= 11 is 0. The van der Waals surface area contributed by atoms with Gasteiger partial charge in [-0.25, -0.2) is 0 Å². The van der Waals surface area contributed by atoms with Crippen molar-refractivity contribution in [2.45, 2.75) is 24.3 Å². The van der Waals surface area contributed by atoms with Crippen molar-refractivity contribution < 1.29 is 28.6 Å². The molecular weight excluding hydrogens is 234 g/mol. The first-order valence-electron chi connectivity index (χ1n) is 4.61. The van der Waals surface area contributed by atoms with Crippen LogP contribution in [0.15, 0.2) is 11.9 Å². The minimum atomic E-state index is -3.74. The van der Waals surface area contributed by atoms with Crippen LogP contribution >= 0.6 is 7.60 Å². The second-order valence-corrected chi connectivity index (χ2v) is 5.14. The van der Waals surface area contributed by atoms with Crippen molar-refractivity contribution >= 4 is 15.4 Å². The highest BCUT2D eigenvalue weighted by Gasteiger charge is 2.40. The van der Waals surface area contributed by atoms with Crippen molar-refractivity contribution in [3.8, 4) is 0 Å². The second-order valence-electron chi connectivity index (χ2n) is 3.34. The van der Waals surface area contributed by atoms with E-state index in [1.54, 1.807) is 0 Å². The van der Waals surface area contributed by atoms with Crippen molar-refractivity contribution in [1.82, 2.24) is 0 Å². The van der Waals surface area contributed by atoms with E-state index < -0.39 is 31.9 Å². The predicted molar refractivity (Wildman–Crippen MR) is 57.2 cm³/mol. The molecule has 5 atom stereocenters. The van der Waals surface area contributed by atoms with Crippen LogP contribution in [0, 0.1) is 0 Å². The fraction of sp³-hybridized carbons (Fsp3) is 0.750. The Balaban J connectivity index is 2.71. The van der Waals surface area contributed by atoms with Gasteiger partial charge < -0.3 is 24.0 Å². The molecule has 0 aromatic rings. The molecule has 0 spiro atoms. The van der Waals surface area contributed by atoms with Crippen LogP contribution in [0.5, 0.6) is 0 Å². The summed E-state index contributed by atoms with van der Waals surface area (Å²) in [6, 6.07) is -0.875. The molecule has 0 aliphatic carbocycles. The number of rotatable bonds is 4. The summed E-state index contributed by atoms with van der Waals surface area (Å²) in [6.45, 7) is 0. The van der Waals surface area contributed by atoms with Gasteiger partial charge in [-0.15, -0.1) is 0 Å². The summed E-state index contributed by atoms with van der Waals surface area (Å²) in [5, 5.41) is 9.54. The molecule has 1 rings (SSSR count). The zero-order valence-electron chi connectivity index (χ0n) is 9.02. The maximum Gasteiger partial charge on any atom is 0.351 e. The van der Waals surface area contributed by atoms with E-state index in [0.717, 1.165) is 12.9 Å². The Labute approximate surface area is 95.1 Å². The van der Waals surface area contributed by atoms with Crippen LogP contribution < -0.4 is 0 Å². The van der Waals surface area contributed by atoms with Crippen LogP contribution in [-0.2, 0) is 18.6 Å². The summed E-state index contributed by atoms with van der Waals surface area (Å²) in [7, 11) is 4.23. The average molecular weight is 248 g/mol. The quantitative estimate of drug-likeness (QED) is 0.520. The van der Waals surface area contributed by atoms with E-state index >= 15 is 0 Å². The molecule has 0 saturated carbocycles. The van der Waals surface area contributed by atoms with Gasteiger partial charge in [0.1, 0.15) is 26.2 Å². The Morgan fingerprint density at radius 3 is 2.62 bits per heavy atom. The van der Waals surface area contributed by atoms with Gasteiger partial charge in [-0.2, -0.15) is 0 Å². The summed E-state index contributed by atoms with van der Waals surface area (Å²) in [6.07, 6.45) is -1.01. The third-order valence-corrected chi connectivity index (χ3v) is 3.38. The summed E-state index contributed by atoms with van der Waals surface area (Å²) in [5.41, 5.74) is 0. The Morgan fingerprint density at radius 1 is 1.50 bits per heavy atom. The molecule has 8 heteroatoms. The number of ether oxygens (including phenoxy) is 2. The summed E-state index contributed by atoms with van der Waals surface area (Å²) in [5.74, 6) is 0.981. The average Bonchev–Trinajstić information content (AvgIpc) is 2.52. The molecule has 2 radical (unpaired) electrons. The van der Waals surface area contributed by atoms with E-state index in [1.807, 2.05) is 0 Å². The first-order chi connectivity index (χ1) is 7.41. The van der Waals surface area contributed by atoms with Gasteiger partial charge >= 0.3 is 7.60 Å². The molecule has 0 bridgehead atoms. The van der Waals surface area contributed by atoms with E-state index in [9.17, 15) is 9.67 Å². The maximum absolute atomic E-state index is 11.2. The number of hydrogen-bond acceptors (Lipinski definition) is 5. The minimum Gasteiger partial charge on any atom is -0.388 e. The van der Waals surface area contributed by atoms with Gasteiger partial charge in [0.15, 0.2) is 0 Å². The zero-order chi connectivity index (χ0) is 12.3. The molecule has 1 aliphatic rings. The topological polar surface area (TPSA) is 85.2 Å². The second kappa shape index (κ2) is 5.45. The summed E-state index contributed by atoms with van der Waals surface area (Å²) in [4.78, 5) is 9.13. The van der Waals surface area contributed by atoms with Gasteiger partial charge in [0.25, 0.3) is 0 Å². The molecule has 2 N–H and O–H groups in total. The third kappa shape index (κ3) is 3.16. The number of aliphatic hydroxyl groups is 1. The molecule has 1 fully saturated rings. The van der Waals surface area contributed by atoms with Crippen LogP contribution in [0.3, 0.4) is 0 Å². The van der Waals surface area contributed by atoms with Crippen LogP contribution in [0.1, 0.15) is 0 Å². The molecule has 2 unspecified atom stereocenters. The minimum absolute atomic E-state index is 0.664. The van der Waals surface area contributed by atoms with E-state index in [4.69, 9.17) is 22.2 Å². The molecule has 1 aliphatic heterocycles. The highest BCUT2D eigenvalue weighted by molar-refractivity contribution is 7.56. The first kappa shape index (κ1) is 13.9. The lowest BCUT2D eigenvalue weighted by atomic mass is 9.93. The van der Waals surface area contributed by atoms with E-state index in [2.05, 4.69) is 4.52 Å². The van der Waals surface area contributed by atoms with E-state index in [-0.39, 0.29) is 0 Å². The number of aliphatic hydroxyl groups excluding tert-OH is 1. The smallest absolute Gasteiger partial charge is 0.351 e. The first-order valence-corrected chi connectivity index (χ1v) is 6.25. The van der Waals surface area contributed by atoms with Gasteiger partial charge in [-0.05, 0) is 6.08 Å². The fourth-order valence-electron chi connectivity index (χ4n) is 1.40. The van der Waals surface area contributed by atoms with E-state index in [0.29, 0.717) is 0 Å². The molecule has 90 valence electrons. The normalized spacial score (nSPS) is 39.0. The van der Waals surface area contributed by atoms with Gasteiger partial charge in [-0.1, -0.05) is 0 Å². The highest BCUT2D eigenvalue weighted by atomic mass is 31.2. The molecule has 1 heterocycles. The molecular formula is C8H14BO6P. The molecule has 1 saturated heterocycles. The molecule has 6 nitrogen and oxygen atoms in total.